The molecular formula is C18H23N3. The van der Waals surface area contributed by atoms with E-state index in [0.29, 0.717) is 6.54 Å². The number of guanidine groups is 1. The second-order valence-corrected chi connectivity index (χ2v) is 4.92. The molecule has 2 rings (SSSR count). The smallest absolute Gasteiger partial charge is 0.191 e. The van der Waals surface area contributed by atoms with Crippen LogP contribution in [0.5, 0.6) is 0 Å². The predicted molar refractivity (Wildman–Crippen MR) is 89.2 cm³/mol. The summed E-state index contributed by atoms with van der Waals surface area (Å²) in [5.74, 6) is 0.865. The SMILES string of the molecule is CCCNC(=NCc1ccccc1)NCc1ccccc1. The maximum Gasteiger partial charge on any atom is 0.191 e. The summed E-state index contributed by atoms with van der Waals surface area (Å²) in [6.07, 6.45) is 1.08. The molecule has 3 nitrogen and oxygen atoms in total. The van der Waals surface area contributed by atoms with Crippen molar-refractivity contribution in [1.29, 1.82) is 0 Å². The molecule has 0 spiro atoms. The second-order valence-electron chi connectivity index (χ2n) is 4.92. The molecule has 0 saturated carbocycles. The zero-order valence-corrected chi connectivity index (χ0v) is 12.5. The van der Waals surface area contributed by atoms with Gasteiger partial charge < -0.3 is 10.6 Å². The molecule has 2 aromatic rings. The van der Waals surface area contributed by atoms with Gasteiger partial charge in [0, 0.05) is 13.1 Å². The first kappa shape index (κ1) is 15.1. The summed E-state index contributed by atoms with van der Waals surface area (Å²) in [4.78, 5) is 4.64. The summed E-state index contributed by atoms with van der Waals surface area (Å²) in [7, 11) is 0. The summed E-state index contributed by atoms with van der Waals surface area (Å²) in [6, 6.07) is 20.7. The van der Waals surface area contributed by atoms with Crippen LogP contribution in [0.25, 0.3) is 0 Å². The van der Waals surface area contributed by atoms with Gasteiger partial charge in [-0.05, 0) is 17.5 Å². The van der Waals surface area contributed by atoms with Crippen molar-refractivity contribution >= 4 is 5.96 Å². The Balaban J connectivity index is 1.93. The molecule has 3 heteroatoms. The molecule has 0 atom stereocenters. The summed E-state index contributed by atoms with van der Waals surface area (Å²) in [6.45, 7) is 4.55. The van der Waals surface area contributed by atoms with Crippen LogP contribution in [0, 0.1) is 0 Å². The largest absolute Gasteiger partial charge is 0.356 e. The zero-order valence-electron chi connectivity index (χ0n) is 12.5. The van der Waals surface area contributed by atoms with Crippen LogP contribution in [-0.2, 0) is 13.1 Å². The normalized spacial score (nSPS) is 11.2. The molecule has 0 saturated heterocycles. The van der Waals surface area contributed by atoms with Gasteiger partial charge in [0.15, 0.2) is 5.96 Å². The van der Waals surface area contributed by atoms with E-state index >= 15 is 0 Å². The summed E-state index contributed by atoms with van der Waals surface area (Å²) in [5.41, 5.74) is 2.47. The maximum absolute atomic E-state index is 4.64. The Labute approximate surface area is 127 Å². The van der Waals surface area contributed by atoms with Gasteiger partial charge in [-0.2, -0.15) is 0 Å². The summed E-state index contributed by atoms with van der Waals surface area (Å²) < 4.78 is 0. The van der Waals surface area contributed by atoms with Crippen molar-refractivity contribution in [2.75, 3.05) is 6.54 Å². The molecule has 0 aliphatic carbocycles. The van der Waals surface area contributed by atoms with Gasteiger partial charge in [0.25, 0.3) is 0 Å². The molecule has 0 aliphatic rings. The van der Waals surface area contributed by atoms with Crippen molar-refractivity contribution in [2.24, 2.45) is 4.99 Å². The van der Waals surface area contributed by atoms with Gasteiger partial charge in [0.05, 0.1) is 6.54 Å². The molecule has 0 fully saturated rings. The first-order valence-electron chi connectivity index (χ1n) is 7.48. The van der Waals surface area contributed by atoms with E-state index in [2.05, 4.69) is 58.9 Å². The van der Waals surface area contributed by atoms with Crippen LogP contribution in [0.15, 0.2) is 65.7 Å². The first-order chi connectivity index (χ1) is 10.4. The molecule has 0 bridgehead atoms. The fourth-order valence-corrected chi connectivity index (χ4v) is 1.95. The number of nitrogens with zero attached hydrogens (tertiary/aromatic N) is 1. The molecule has 0 unspecified atom stereocenters. The van der Waals surface area contributed by atoms with E-state index in [9.17, 15) is 0 Å². The topological polar surface area (TPSA) is 36.4 Å². The van der Waals surface area contributed by atoms with Crippen LogP contribution >= 0.6 is 0 Å². The van der Waals surface area contributed by atoms with Gasteiger partial charge in [-0.25, -0.2) is 4.99 Å². The third kappa shape index (κ3) is 5.69. The Morgan fingerprint density at radius 3 is 2.10 bits per heavy atom. The highest BCUT2D eigenvalue weighted by atomic mass is 15.2. The lowest BCUT2D eigenvalue weighted by atomic mass is 10.2. The minimum atomic E-state index is 0.689. The fourth-order valence-electron chi connectivity index (χ4n) is 1.95. The molecule has 110 valence electrons. The Morgan fingerprint density at radius 1 is 0.857 bits per heavy atom. The minimum absolute atomic E-state index is 0.689. The average Bonchev–Trinajstić information content (AvgIpc) is 2.56. The van der Waals surface area contributed by atoms with Gasteiger partial charge in [-0.15, -0.1) is 0 Å². The molecule has 2 N–H and O–H groups in total. The monoisotopic (exact) mass is 281 g/mol. The lowest BCUT2D eigenvalue weighted by molar-refractivity contribution is 0.773. The molecule has 0 heterocycles. The van der Waals surface area contributed by atoms with E-state index in [1.165, 1.54) is 11.1 Å². The van der Waals surface area contributed by atoms with E-state index in [-0.39, 0.29) is 0 Å². The van der Waals surface area contributed by atoms with Crippen LogP contribution in [0.4, 0.5) is 0 Å². The second kappa shape index (κ2) is 8.80. The number of benzene rings is 2. The van der Waals surface area contributed by atoms with Crippen molar-refractivity contribution in [1.82, 2.24) is 10.6 Å². The van der Waals surface area contributed by atoms with E-state index in [1.807, 2.05) is 24.3 Å². The Hall–Kier alpha value is -2.29. The number of nitrogens with one attached hydrogen (secondary N) is 2. The van der Waals surface area contributed by atoms with Gasteiger partial charge in [0.2, 0.25) is 0 Å². The van der Waals surface area contributed by atoms with Crippen LogP contribution < -0.4 is 10.6 Å². The summed E-state index contributed by atoms with van der Waals surface area (Å²) in [5, 5.41) is 6.73. The van der Waals surface area contributed by atoms with E-state index in [1.54, 1.807) is 0 Å². The predicted octanol–water partition coefficient (Wildman–Crippen LogP) is 3.33. The molecule has 21 heavy (non-hydrogen) atoms. The van der Waals surface area contributed by atoms with Crippen molar-refractivity contribution in [3.05, 3.63) is 71.8 Å². The molecule has 0 amide bonds. The number of hydrogen-bond donors (Lipinski definition) is 2. The number of hydrogen-bond acceptors (Lipinski definition) is 1. The molecule has 0 radical (unpaired) electrons. The lowest BCUT2D eigenvalue weighted by Gasteiger charge is -2.12. The third-order valence-electron chi connectivity index (χ3n) is 3.11. The molecule has 0 aromatic heterocycles. The molecular weight excluding hydrogens is 258 g/mol. The molecule has 0 aliphatic heterocycles. The van der Waals surface area contributed by atoms with Gasteiger partial charge in [-0.1, -0.05) is 67.6 Å². The van der Waals surface area contributed by atoms with Crippen molar-refractivity contribution in [3.63, 3.8) is 0 Å². The van der Waals surface area contributed by atoms with Gasteiger partial charge >= 0.3 is 0 Å². The van der Waals surface area contributed by atoms with Crippen molar-refractivity contribution < 1.29 is 0 Å². The minimum Gasteiger partial charge on any atom is -0.356 e. The van der Waals surface area contributed by atoms with Gasteiger partial charge in [-0.3, -0.25) is 0 Å². The van der Waals surface area contributed by atoms with Crippen molar-refractivity contribution in [3.8, 4) is 0 Å². The van der Waals surface area contributed by atoms with Crippen LogP contribution in [0.2, 0.25) is 0 Å². The highest BCUT2D eigenvalue weighted by molar-refractivity contribution is 5.79. The van der Waals surface area contributed by atoms with Crippen LogP contribution in [-0.4, -0.2) is 12.5 Å². The summed E-state index contributed by atoms with van der Waals surface area (Å²) >= 11 is 0. The zero-order chi connectivity index (χ0) is 14.8. The van der Waals surface area contributed by atoms with Crippen LogP contribution in [0.3, 0.4) is 0 Å². The van der Waals surface area contributed by atoms with Crippen LogP contribution in [0.1, 0.15) is 24.5 Å². The number of rotatable bonds is 6. The van der Waals surface area contributed by atoms with Crippen molar-refractivity contribution in [2.45, 2.75) is 26.4 Å². The Bertz CT molecular complexity index is 535. The highest BCUT2D eigenvalue weighted by Crippen LogP contribution is 2.01. The lowest BCUT2D eigenvalue weighted by Crippen LogP contribution is -2.37. The molecule has 2 aromatic carbocycles. The number of aliphatic imine (C=N–C) groups is 1. The Morgan fingerprint density at radius 2 is 1.48 bits per heavy atom. The van der Waals surface area contributed by atoms with E-state index in [0.717, 1.165) is 25.5 Å². The Kier molecular flexibility index (Phi) is 6.33. The average molecular weight is 281 g/mol. The first-order valence-corrected chi connectivity index (χ1v) is 7.48. The van der Waals surface area contributed by atoms with Gasteiger partial charge in [0.1, 0.15) is 0 Å². The maximum atomic E-state index is 4.64. The quantitative estimate of drug-likeness (QED) is 0.629. The highest BCUT2D eigenvalue weighted by Gasteiger charge is 1.98. The van der Waals surface area contributed by atoms with E-state index < -0.39 is 0 Å². The fraction of sp³-hybridized carbons (Fsp3) is 0.278. The standard InChI is InChI=1S/C18H23N3/c1-2-13-19-18(20-14-16-9-5-3-6-10-16)21-15-17-11-7-4-8-12-17/h3-12H,2,13-15H2,1H3,(H2,19,20,21). The van der Waals surface area contributed by atoms with E-state index in [4.69, 9.17) is 0 Å². The third-order valence-corrected chi connectivity index (χ3v) is 3.11.